The fourth-order valence-corrected chi connectivity index (χ4v) is 1.45. The number of hydrogen-bond acceptors (Lipinski definition) is 3. The summed E-state index contributed by atoms with van der Waals surface area (Å²) in [5.41, 5.74) is 0.977. The van der Waals surface area contributed by atoms with E-state index in [1.165, 1.54) is 6.08 Å². The van der Waals surface area contributed by atoms with E-state index < -0.39 is 0 Å². The third kappa shape index (κ3) is 6.63. The summed E-state index contributed by atoms with van der Waals surface area (Å²) >= 11 is 0. The monoisotopic (exact) mass is 246 g/mol. The molecule has 0 saturated carbocycles. The summed E-state index contributed by atoms with van der Waals surface area (Å²) < 4.78 is 5.07. The molecule has 0 aromatic heterocycles. The molecule has 0 radical (unpaired) electrons. The van der Waals surface area contributed by atoms with Crippen molar-refractivity contribution in [2.75, 3.05) is 0 Å². The van der Waals surface area contributed by atoms with Crippen molar-refractivity contribution in [3.63, 3.8) is 0 Å². The number of ether oxygens (including phenoxy) is 1. The number of benzene rings is 1. The minimum atomic E-state index is -0.325. The fourth-order valence-electron chi connectivity index (χ4n) is 1.45. The lowest BCUT2D eigenvalue weighted by Crippen LogP contribution is -2.00. The normalized spacial score (nSPS) is 10.4. The number of aldehydes is 1. The molecule has 0 aliphatic rings. The predicted octanol–water partition coefficient (Wildman–Crippen LogP) is 3.05. The molecule has 0 atom stereocenters. The maximum absolute atomic E-state index is 11.3. The molecular formula is C15H18O3. The molecule has 0 N–H and O–H groups in total. The summed E-state index contributed by atoms with van der Waals surface area (Å²) in [6, 6.07) is 9.56. The van der Waals surface area contributed by atoms with Crippen LogP contribution in [0.2, 0.25) is 0 Å². The van der Waals surface area contributed by atoms with Crippen LogP contribution in [-0.2, 0) is 20.9 Å². The van der Waals surface area contributed by atoms with Gasteiger partial charge in [-0.05, 0) is 24.8 Å². The Labute approximate surface area is 107 Å². The first kappa shape index (κ1) is 14.2. The zero-order chi connectivity index (χ0) is 13.1. The van der Waals surface area contributed by atoms with Crippen molar-refractivity contribution in [2.24, 2.45) is 0 Å². The van der Waals surface area contributed by atoms with Crippen LogP contribution in [0.25, 0.3) is 0 Å². The second kappa shape index (κ2) is 9.16. The van der Waals surface area contributed by atoms with Crippen LogP contribution in [0, 0.1) is 0 Å². The number of hydrogen-bond donors (Lipinski definition) is 0. The lowest BCUT2D eigenvalue weighted by atomic mass is 10.2. The quantitative estimate of drug-likeness (QED) is 0.306. The van der Waals surface area contributed by atoms with E-state index in [4.69, 9.17) is 4.74 Å². The molecular weight excluding hydrogens is 228 g/mol. The van der Waals surface area contributed by atoms with Gasteiger partial charge in [-0.1, -0.05) is 36.4 Å². The minimum absolute atomic E-state index is 0.301. The van der Waals surface area contributed by atoms with Gasteiger partial charge in [0.25, 0.3) is 0 Å². The van der Waals surface area contributed by atoms with E-state index >= 15 is 0 Å². The van der Waals surface area contributed by atoms with Gasteiger partial charge in [0.1, 0.15) is 12.9 Å². The van der Waals surface area contributed by atoms with Gasteiger partial charge in [-0.3, -0.25) is 0 Å². The SMILES string of the molecule is O=CCCCC/C=C/C(=O)OCc1ccccc1. The molecule has 1 rings (SSSR count). The van der Waals surface area contributed by atoms with Crippen LogP contribution >= 0.6 is 0 Å². The first-order chi connectivity index (χ1) is 8.83. The van der Waals surface area contributed by atoms with Gasteiger partial charge in [0.2, 0.25) is 0 Å². The summed E-state index contributed by atoms with van der Waals surface area (Å²) in [6.45, 7) is 0.301. The smallest absolute Gasteiger partial charge is 0.330 e. The molecule has 0 saturated heterocycles. The van der Waals surface area contributed by atoms with Gasteiger partial charge in [-0.15, -0.1) is 0 Å². The molecule has 0 unspecified atom stereocenters. The molecule has 3 nitrogen and oxygen atoms in total. The van der Waals surface area contributed by atoms with E-state index in [1.807, 2.05) is 30.3 Å². The van der Waals surface area contributed by atoms with E-state index in [0.29, 0.717) is 13.0 Å². The summed E-state index contributed by atoms with van der Waals surface area (Å²) in [5, 5.41) is 0. The minimum Gasteiger partial charge on any atom is -0.458 e. The highest BCUT2D eigenvalue weighted by Crippen LogP contribution is 2.02. The van der Waals surface area contributed by atoms with Crippen LogP contribution in [0.4, 0.5) is 0 Å². The van der Waals surface area contributed by atoms with Crippen LogP contribution in [0.1, 0.15) is 31.2 Å². The maximum atomic E-state index is 11.3. The predicted molar refractivity (Wildman–Crippen MR) is 69.9 cm³/mol. The number of rotatable bonds is 8. The number of carbonyl (C=O) groups is 2. The van der Waals surface area contributed by atoms with Gasteiger partial charge in [-0.2, -0.15) is 0 Å². The Morgan fingerprint density at radius 2 is 1.83 bits per heavy atom. The highest BCUT2D eigenvalue weighted by molar-refractivity contribution is 5.81. The summed E-state index contributed by atoms with van der Waals surface area (Å²) in [5.74, 6) is -0.325. The first-order valence-corrected chi connectivity index (χ1v) is 6.14. The van der Waals surface area contributed by atoms with Crippen molar-refractivity contribution >= 4 is 12.3 Å². The molecule has 0 aliphatic carbocycles. The van der Waals surface area contributed by atoms with Crippen molar-refractivity contribution in [1.82, 2.24) is 0 Å². The number of unbranched alkanes of at least 4 members (excludes halogenated alkanes) is 3. The summed E-state index contributed by atoms with van der Waals surface area (Å²) in [6.07, 6.45) is 7.33. The molecule has 0 heterocycles. The van der Waals surface area contributed by atoms with Crippen LogP contribution in [0.15, 0.2) is 42.5 Å². The Morgan fingerprint density at radius 3 is 2.56 bits per heavy atom. The van der Waals surface area contributed by atoms with E-state index in [-0.39, 0.29) is 5.97 Å². The lowest BCUT2D eigenvalue weighted by Gasteiger charge is -2.01. The Hall–Kier alpha value is -1.90. The van der Waals surface area contributed by atoms with Gasteiger partial charge in [0, 0.05) is 12.5 Å². The molecule has 0 spiro atoms. The molecule has 1 aromatic carbocycles. The van der Waals surface area contributed by atoms with E-state index in [0.717, 1.165) is 31.1 Å². The molecule has 3 heteroatoms. The largest absolute Gasteiger partial charge is 0.458 e. The highest BCUT2D eigenvalue weighted by atomic mass is 16.5. The lowest BCUT2D eigenvalue weighted by molar-refractivity contribution is -0.139. The van der Waals surface area contributed by atoms with Gasteiger partial charge >= 0.3 is 5.97 Å². The van der Waals surface area contributed by atoms with Crippen molar-refractivity contribution in [1.29, 1.82) is 0 Å². The second-order valence-electron chi connectivity index (χ2n) is 3.95. The Balaban J connectivity index is 2.13. The number of esters is 1. The topological polar surface area (TPSA) is 43.4 Å². The van der Waals surface area contributed by atoms with Crippen LogP contribution in [0.5, 0.6) is 0 Å². The Morgan fingerprint density at radius 1 is 1.11 bits per heavy atom. The molecule has 96 valence electrons. The maximum Gasteiger partial charge on any atom is 0.330 e. The molecule has 1 aromatic rings. The standard InChI is InChI=1S/C15H18O3/c16-12-8-3-1-2-7-11-15(17)18-13-14-9-5-4-6-10-14/h4-7,9-12H,1-3,8,13H2/b11-7+. The summed E-state index contributed by atoms with van der Waals surface area (Å²) in [4.78, 5) is 21.4. The van der Waals surface area contributed by atoms with Crippen molar-refractivity contribution in [3.8, 4) is 0 Å². The van der Waals surface area contributed by atoms with Crippen LogP contribution in [0.3, 0.4) is 0 Å². The van der Waals surface area contributed by atoms with Crippen molar-refractivity contribution in [2.45, 2.75) is 32.3 Å². The molecule has 0 fully saturated rings. The summed E-state index contributed by atoms with van der Waals surface area (Å²) in [7, 11) is 0. The molecule has 18 heavy (non-hydrogen) atoms. The Bertz CT molecular complexity index is 382. The van der Waals surface area contributed by atoms with Gasteiger partial charge in [0.05, 0.1) is 0 Å². The van der Waals surface area contributed by atoms with Crippen LogP contribution in [-0.4, -0.2) is 12.3 Å². The fraction of sp³-hybridized carbons (Fsp3) is 0.333. The highest BCUT2D eigenvalue weighted by Gasteiger charge is 1.97. The van der Waals surface area contributed by atoms with E-state index in [1.54, 1.807) is 6.08 Å². The zero-order valence-electron chi connectivity index (χ0n) is 10.4. The molecule has 0 aliphatic heterocycles. The molecule has 0 amide bonds. The van der Waals surface area contributed by atoms with Crippen LogP contribution < -0.4 is 0 Å². The third-order valence-electron chi connectivity index (χ3n) is 2.42. The van der Waals surface area contributed by atoms with Crippen molar-refractivity contribution < 1.29 is 14.3 Å². The molecule has 0 bridgehead atoms. The number of carbonyl (C=O) groups excluding carboxylic acids is 2. The first-order valence-electron chi connectivity index (χ1n) is 6.14. The van der Waals surface area contributed by atoms with Gasteiger partial charge in [-0.25, -0.2) is 4.79 Å². The van der Waals surface area contributed by atoms with Crippen molar-refractivity contribution in [3.05, 3.63) is 48.0 Å². The van der Waals surface area contributed by atoms with Gasteiger partial charge in [0.15, 0.2) is 0 Å². The number of allylic oxidation sites excluding steroid dienone is 1. The average molecular weight is 246 g/mol. The average Bonchev–Trinajstić information content (AvgIpc) is 2.41. The third-order valence-corrected chi connectivity index (χ3v) is 2.42. The zero-order valence-corrected chi connectivity index (χ0v) is 10.4. The van der Waals surface area contributed by atoms with Gasteiger partial charge < -0.3 is 9.53 Å². The van der Waals surface area contributed by atoms with E-state index in [2.05, 4.69) is 0 Å². The Kier molecular flexibility index (Phi) is 7.21. The second-order valence-corrected chi connectivity index (χ2v) is 3.95. The van der Waals surface area contributed by atoms with E-state index in [9.17, 15) is 9.59 Å².